The molecule has 0 aromatic rings. The third-order valence-electron chi connectivity index (χ3n) is 4.70. The lowest BCUT2D eigenvalue weighted by atomic mass is 9.85. The molecule has 0 aromatic carbocycles. The highest BCUT2D eigenvalue weighted by atomic mass is 16.5. The van der Waals surface area contributed by atoms with Gasteiger partial charge in [-0.25, -0.2) is 0 Å². The van der Waals surface area contributed by atoms with Crippen molar-refractivity contribution in [2.45, 2.75) is 88.9 Å². The fourth-order valence-corrected chi connectivity index (χ4v) is 3.35. The van der Waals surface area contributed by atoms with Crippen LogP contribution in [0.2, 0.25) is 0 Å². The van der Waals surface area contributed by atoms with E-state index in [1.165, 1.54) is 19.3 Å². The second kappa shape index (κ2) is 7.41. The topological polar surface area (TPSA) is 58.6 Å². The Morgan fingerprint density at radius 2 is 1.90 bits per heavy atom. The molecule has 0 bridgehead atoms. The Labute approximate surface area is 122 Å². The molecule has 1 atom stereocenters. The van der Waals surface area contributed by atoms with Crippen molar-refractivity contribution in [3.8, 4) is 0 Å². The number of rotatable bonds is 6. The summed E-state index contributed by atoms with van der Waals surface area (Å²) in [6, 6.07) is 0. The molecule has 4 nitrogen and oxygen atoms in total. The maximum absolute atomic E-state index is 12.2. The molecular weight excluding hydrogens is 254 g/mol. The van der Waals surface area contributed by atoms with Gasteiger partial charge in [0.15, 0.2) is 0 Å². The predicted molar refractivity (Wildman–Crippen MR) is 78.5 cm³/mol. The zero-order chi connectivity index (χ0) is 14.4. The molecule has 2 fully saturated rings. The van der Waals surface area contributed by atoms with Crippen LogP contribution < -0.4 is 5.32 Å². The van der Waals surface area contributed by atoms with Crippen LogP contribution in [0.3, 0.4) is 0 Å². The molecule has 0 aliphatic heterocycles. The molecule has 2 saturated carbocycles. The molecule has 4 heteroatoms. The lowest BCUT2D eigenvalue weighted by Gasteiger charge is -2.32. The van der Waals surface area contributed by atoms with Gasteiger partial charge in [0.25, 0.3) is 0 Å². The van der Waals surface area contributed by atoms with E-state index in [0.717, 1.165) is 38.5 Å². The number of amides is 1. The normalized spacial score (nSPS) is 24.5. The van der Waals surface area contributed by atoms with E-state index in [-0.39, 0.29) is 18.1 Å². The molecule has 0 heterocycles. The first-order valence-electron chi connectivity index (χ1n) is 8.28. The van der Waals surface area contributed by atoms with Crippen molar-refractivity contribution in [3.63, 3.8) is 0 Å². The van der Waals surface area contributed by atoms with Gasteiger partial charge in [0, 0.05) is 6.54 Å². The van der Waals surface area contributed by atoms with Crippen LogP contribution >= 0.6 is 0 Å². The number of nitrogens with one attached hydrogen (secondary N) is 1. The summed E-state index contributed by atoms with van der Waals surface area (Å²) in [6.45, 7) is 2.35. The van der Waals surface area contributed by atoms with E-state index in [0.29, 0.717) is 13.0 Å². The molecule has 2 aliphatic carbocycles. The first-order valence-corrected chi connectivity index (χ1v) is 8.28. The summed E-state index contributed by atoms with van der Waals surface area (Å²) in [4.78, 5) is 12.2. The van der Waals surface area contributed by atoms with Crippen molar-refractivity contribution in [3.05, 3.63) is 0 Å². The maximum atomic E-state index is 12.2. The summed E-state index contributed by atoms with van der Waals surface area (Å²) < 4.78 is 5.90. The molecule has 2 rings (SSSR count). The Balaban J connectivity index is 1.76. The highest BCUT2D eigenvalue weighted by Gasteiger charge is 2.31. The first kappa shape index (κ1) is 15.8. The van der Waals surface area contributed by atoms with Crippen molar-refractivity contribution in [1.29, 1.82) is 0 Å². The minimum atomic E-state index is -0.695. The molecule has 1 amide bonds. The van der Waals surface area contributed by atoms with Crippen LogP contribution in [0.5, 0.6) is 0 Å². The fraction of sp³-hybridized carbons (Fsp3) is 0.938. The number of aliphatic hydroxyl groups is 1. The van der Waals surface area contributed by atoms with Gasteiger partial charge in [0.1, 0.15) is 6.10 Å². The number of ether oxygens (including phenoxy) is 1. The van der Waals surface area contributed by atoms with Gasteiger partial charge in [-0.15, -0.1) is 0 Å². The SMILES string of the molecule is CC[C@@H](OC1CCCC1)C(=O)NCC1(O)CCCCC1. The predicted octanol–water partition coefficient (Wildman–Crippen LogP) is 2.54. The van der Waals surface area contributed by atoms with Crippen molar-refractivity contribution in [2.75, 3.05) is 6.54 Å². The van der Waals surface area contributed by atoms with E-state index in [1.807, 2.05) is 6.92 Å². The summed E-state index contributed by atoms with van der Waals surface area (Å²) in [5, 5.41) is 13.3. The van der Waals surface area contributed by atoms with Gasteiger partial charge in [-0.3, -0.25) is 4.79 Å². The summed E-state index contributed by atoms with van der Waals surface area (Å²) >= 11 is 0. The van der Waals surface area contributed by atoms with Gasteiger partial charge in [-0.05, 0) is 32.1 Å². The van der Waals surface area contributed by atoms with E-state index >= 15 is 0 Å². The second-order valence-electron chi connectivity index (χ2n) is 6.44. The minimum absolute atomic E-state index is 0.0570. The van der Waals surface area contributed by atoms with E-state index in [2.05, 4.69) is 5.32 Å². The molecule has 0 radical (unpaired) electrons. The van der Waals surface area contributed by atoms with E-state index < -0.39 is 5.60 Å². The number of carbonyl (C=O) groups excluding carboxylic acids is 1. The first-order chi connectivity index (χ1) is 9.63. The maximum Gasteiger partial charge on any atom is 0.249 e. The average molecular weight is 283 g/mol. The Morgan fingerprint density at radius 3 is 2.50 bits per heavy atom. The average Bonchev–Trinajstić information content (AvgIpc) is 2.96. The van der Waals surface area contributed by atoms with Crippen molar-refractivity contribution >= 4 is 5.91 Å². The molecule has 0 saturated heterocycles. The lowest BCUT2D eigenvalue weighted by Crippen LogP contribution is -2.47. The molecule has 0 aromatic heterocycles. The van der Waals surface area contributed by atoms with Crippen molar-refractivity contribution in [2.24, 2.45) is 0 Å². The van der Waals surface area contributed by atoms with Gasteiger partial charge in [-0.1, -0.05) is 39.0 Å². The van der Waals surface area contributed by atoms with Crippen LogP contribution in [-0.4, -0.2) is 35.4 Å². The smallest absolute Gasteiger partial charge is 0.249 e. The monoisotopic (exact) mass is 283 g/mol. The molecule has 20 heavy (non-hydrogen) atoms. The zero-order valence-electron chi connectivity index (χ0n) is 12.7. The van der Waals surface area contributed by atoms with Crippen LogP contribution in [0.4, 0.5) is 0 Å². The largest absolute Gasteiger partial charge is 0.388 e. The Hall–Kier alpha value is -0.610. The van der Waals surface area contributed by atoms with Crippen LogP contribution in [0.1, 0.15) is 71.1 Å². The number of hydrogen-bond acceptors (Lipinski definition) is 3. The number of hydrogen-bond donors (Lipinski definition) is 2. The molecule has 116 valence electrons. The molecule has 0 unspecified atom stereocenters. The Kier molecular flexibility index (Phi) is 5.85. The third kappa shape index (κ3) is 4.45. The zero-order valence-corrected chi connectivity index (χ0v) is 12.7. The van der Waals surface area contributed by atoms with Gasteiger partial charge in [0.2, 0.25) is 5.91 Å². The third-order valence-corrected chi connectivity index (χ3v) is 4.70. The highest BCUT2D eigenvalue weighted by molar-refractivity contribution is 5.80. The van der Waals surface area contributed by atoms with Crippen LogP contribution in [0.15, 0.2) is 0 Å². The van der Waals surface area contributed by atoms with Crippen LogP contribution in [0, 0.1) is 0 Å². The van der Waals surface area contributed by atoms with Crippen LogP contribution in [0.25, 0.3) is 0 Å². The van der Waals surface area contributed by atoms with Gasteiger partial charge in [0.05, 0.1) is 11.7 Å². The van der Waals surface area contributed by atoms with Crippen LogP contribution in [-0.2, 0) is 9.53 Å². The lowest BCUT2D eigenvalue weighted by molar-refractivity contribution is -0.138. The van der Waals surface area contributed by atoms with E-state index in [9.17, 15) is 9.90 Å². The quantitative estimate of drug-likeness (QED) is 0.787. The summed E-state index contributed by atoms with van der Waals surface area (Å²) in [6.07, 6.45) is 10.1. The molecule has 2 aliphatic rings. The van der Waals surface area contributed by atoms with Gasteiger partial charge in [-0.2, -0.15) is 0 Å². The second-order valence-corrected chi connectivity index (χ2v) is 6.44. The van der Waals surface area contributed by atoms with E-state index in [1.54, 1.807) is 0 Å². The van der Waals surface area contributed by atoms with Gasteiger partial charge < -0.3 is 15.2 Å². The number of carbonyl (C=O) groups is 1. The summed E-state index contributed by atoms with van der Waals surface area (Å²) in [5.74, 6) is -0.0570. The van der Waals surface area contributed by atoms with Crippen molar-refractivity contribution < 1.29 is 14.6 Å². The Bertz CT molecular complexity index is 307. The van der Waals surface area contributed by atoms with Gasteiger partial charge >= 0.3 is 0 Å². The van der Waals surface area contributed by atoms with Crippen molar-refractivity contribution in [1.82, 2.24) is 5.32 Å². The van der Waals surface area contributed by atoms with E-state index in [4.69, 9.17) is 4.74 Å². The highest BCUT2D eigenvalue weighted by Crippen LogP contribution is 2.27. The summed E-state index contributed by atoms with van der Waals surface area (Å²) in [7, 11) is 0. The molecular formula is C16H29NO3. The minimum Gasteiger partial charge on any atom is -0.388 e. The Morgan fingerprint density at radius 1 is 1.25 bits per heavy atom. The standard InChI is InChI=1S/C16H29NO3/c1-2-14(20-13-8-4-5-9-13)15(18)17-12-16(19)10-6-3-7-11-16/h13-14,19H,2-12H2,1H3,(H,17,18)/t14-/m1/s1. The molecule has 0 spiro atoms. The summed E-state index contributed by atoms with van der Waals surface area (Å²) in [5.41, 5.74) is -0.695. The molecule has 2 N–H and O–H groups in total. The fourth-order valence-electron chi connectivity index (χ4n) is 3.35.